The molecule has 11 heteroatoms. The van der Waals surface area contributed by atoms with Gasteiger partial charge in [0.1, 0.15) is 0 Å². The second kappa shape index (κ2) is 7.89. The number of hydrogen-bond acceptors (Lipinski definition) is 6. The van der Waals surface area contributed by atoms with Crippen LogP contribution in [0.15, 0.2) is 38.9 Å². The number of rotatable bonds is 6. The molecule has 0 aliphatic heterocycles. The molecule has 1 N–H and O–H groups in total. The zero-order valence-corrected chi connectivity index (χ0v) is 13.6. The molecule has 0 saturated heterocycles. The fourth-order valence-corrected chi connectivity index (χ4v) is 2.44. The zero-order valence-electron chi connectivity index (χ0n) is 11.3. The predicted molar refractivity (Wildman–Crippen MR) is 87.5 cm³/mol. The fraction of sp³-hybridized carbons (Fsp3) is 0.167. The van der Waals surface area contributed by atoms with Gasteiger partial charge in [-0.2, -0.15) is 5.11 Å². The van der Waals surface area contributed by atoms with E-state index in [0.29, 0.717) is 15.7 Å². The first kappa shape index (κ1) is 17.2. The molecule has 0 fully saturated rings. The Morgan fingerprint density at radius 2 is 2.22 bits per heavy atom. The number of thiazole rings is 1. The van der Waals surface area contributed by atoms with Gasteiger partial charge >= 0.3 is 5.97 Å². The van der Waals surface area contributed by atoms with Crippen molar-refractivity contribution < 1.29 is 9.90 Å². The number of carboxylic acids is 1. The fourth-order valence-electron chi connectivity index (χ4n) is 1.50. The molecule has 8 nitrogen and oxygen atoms in total. The molecule has 0 aliphatic rings. The average molecular weight is 371 g/mol. The summed E-state index contributed by atoms with van der Waals surface area (Å²) in [5.74, 6) is -1.23. The molecule has 0 radical (unpaired) electrons. The lowest BCUT2D eigenvalue weighted by molar-refractivity contribution is -0.138. The Balaban J connectivity index is 2.18. The number of azide groups is 1. The summed E-state index contributed by atoms with van der Waals surface area (Å²) in [6, 6.07) is 3.83. The molecule has 118 valence electrons. The van der Waals surface area contributed by atoms with Crippen LogP contribution in [-0.4, -0.2) is 28.6 Å². The van der Waals surface area contributed by atoms with Crippen LogP contribution in [0.1, 0.15) is 0 Å². The average Bonchev–Trinajstić information content (AvgIpc) is 2.98. The van der Waals surface area contributed by atoms with E-state index in [4.69, 9.17) is 33.8 Å². The van der Waals surface area contributed by atoms with E-state index in [0.717, 1.165) is 5.56 Å². The van der Waals surface area contributed by atoms with Crippen LogP contribution in [0, 0.1) is 0 Å². The minimum Gasteiger partial charge on any atom is -0.480 e. The third-order valence-corrected chi connectivity index (χ3v) is 4.06. The van der Waals surface area contributed by atoms with Gasteiger partial charge in [-0.25, -0.2) is 9.78 Å². The normalized spacial score (nSPS) is 12.1. The van der Waals surface area contributed by atoms with Gasteiger partial charge in [0.05, 0.1) is 22.3 Å². The van der Waals surface area contributed by atoms with Crippen LogP contribution >= 0.6 is 34.5 Å². The third kappa shape index (κ3) is 4.64. The van der Waals surface area contributed by atoms with Gasteiger partial charge in [-0.1, -0.05) is 34.4 Å². The van der Waals surface area contributed by atoms with Gasteiger partial charge in [-0.15, -0.1) is 16.5 Å². The maximum atomic E-state index is 10.9. The minimum atomic E-state index is -1.25. The molecule has 0 spiro atoms. The summed E-state index contributed by atoms with van der Waals surface area (Å²) < 4.78 is 0. The molecule has 0 aliphatic carbocycles. The van der Waals surface area contributed by atoms with Gasteiger partial charge in [0.2, 0.25) is 5.13 Å². The summed E-state index contributed by atoms with van der Waals surface area (Å²) in [7, 11) is 0. The first-order valence-corrected chi connectivity index (χ1v) is 7.70. The van der Waals surface area contributed by atoms with Crippen molar-refractivity contribution in [1.82, 2.24) is 4.98 Å². The standard InChI is InChI=1S/C12H8Cl2N6O2S/c13-7-2-1-6(3-8(7)14)10-5-23-12(17-10)19-18-9(11(21)22)4-16-20-15/h1-3,5,9H,4H2,(H,21,22). The molecule has 1 heterocycles. The van der Waals surface area contributed by atoms with Crippen LogP contribution < -0.4 is 0 Å². The van der Waals surface area contributed by atoms with Crippen LogP contribution in [0.25, 0.3) is 21.7 Å². The van der Waals surface area contributed by atoms with E-state index >= 15 is 0 Å². The molecular formula is C12H8Cl2N6O2S. The monoisotopic (exact) mass is 370 g/mol. The molecule has 0 amide bonds. The molecule has 2 aromatic rings. The maximum absolute atomic E-state index is 10.9. The maximum Gasteiger partial charge on any atom is 0.330 e. The van der Waals surface area contributed by atoms with Gasteiger partial charge in [0, 0.05) is 15.9 Å². The van der Waals surface area contributed by atoms with E-state index in [1.165, 1.54) is 11.3 Å². The van der Waals surface area contributed by atoms with Crippen LogP contribution in [0.5, 0.6) is 0 Å². The van der Waals surface area contributed by atoms with Crippen molar-refractivity contribution in [3.63, 3.8) is 0 Å². The van der Waals surface area contributed by atoms with Gasteiger partial charge in [0.15, 0.2) is 6.04 Å². The first-order chi connectivity index (χ1) is 11.0. The summed E-state index contributed by atoms with van der Waals surface area (Å²) in [5, 5.41) is 22.4. The second-order valence-electron chi connectivity index (χ2n) is 4.13. The number of aromatic nitrogens is 1. The molecule has 23 heavy (non-hydrogen) atoms. The highest BCUT2D eigenvalue weighted by Crippen LogP contribution is 2.31. The van der Waals surface area contributed by atoms with E-state index in [1.54, 1.807) is 23.6 Å². The highest BCUT2D eigenvalue weighted by Gasteiger charge is 2.15. The molecule has 1 unspecified atom stereocenters. The number of aliphatic carboxylic acids is 1. The Hall–Kier alpha value is -2.19. The number of carboxylic acid groups (broad SMARTS) is 1. The molecule has 1 aromatic carbocycles. The molecule has 0 bridgehead atoms. The topological polar surface area (TPSA) is 124 Å². The van der Waals surface area contributed by atoms with Crippen molar-refractivity contribution in [3.05, 3.63) is 44.1 Å². The number of azo groups is 1. The van der Waals surface area contributed by atoms with Gasteiger partial charge in [-0.3, -0.25) is 0 Å². The quantitative estimate of drug-likeness (QED) is 0.438. The Kier molecular flexibility index (Phi) is 5.89. The number of hydrogen-bond donors (Lipinski definition) is 1. The van der Waals surface area contributed by atoms with Crippen molar-refractivity contribution in [2.24, 2.45) is 15.3 Å². The lowest BCUT2D eigenvalue weighted by Gasteiger charge is -2.00. The Labute approximate surface area is 144 Å². The molecule has 0 saturated carbocycles. The SMILES string of the molecule is [N-]=[N+]=NCC(N=Nc1nc(-c2ccc(Cl)c(Cl)c2)cs1)C(=O)O. The molecule has 1 atom stereocenters. The lowest BCUT2D eigenvalue weighted by atomic mass is 10.2. The largest absolute Gasteiger partial charge is 0.480 e. The minimum absolute atomic E-state index is 0.276. The summed E-state index contributed by atoms with van der Waals surface area (Å²) in [6.45, 7) is -0.319. The Morgan fingerprint density at radius 1 is 1.43 bits per heavy atom. The van der Waals surface area contributed by atoms with Gasteiger partial charge < -0.3 is 5.11 Å². The van der Waals surface area contributed by atoms with Crippen molar-refractivity contribution >= 4 is 45.6 Å². The summed E-state index contributed by atoms with van der Waals surface area (Å²) in [4.78, 5) is 17.7. The number of halogens is 2. The van der Waals surface area contributed by atoms with Crippen molar-refractivity contribution in [2.75, 3.05) is 6.54 Å². The smallest absolute Gasteiger partial charge is 0.330 e. The predicted octanol–water partition coefficient (Wildman–Crippen LogP) is 4.96. The van der Waals surface area contributed by atoms with E-state index in [2.05, 4.69) is 25.2 Å². The van der Waals surface area contributed by atoms with E-state index in [9.17, 15) is 4.79 Å². The summed E-state index contributed by atoms with van der Waals surface area (Å²) in [5.41, 5.74) is 9.58. The summed E-state index contributed by atoms with van der Waals surface area (Å²) in [6.07, 6.45) is 0. The van der Waals surface area contributed by atoms with Gasteiger partial charge in [0.25, 0.3) is 0 Å². The van der Waals surface area contributed by atoms with Crippen LogP contribution in [0.3, 0.4) is 0 Å². The van der Waals surface area contributed by atoms with Gasteiger partial charge in [-0.05, 0) is 17.7 Å². The van der Waals surface area contributed by atoms with E-state index < -0.39 is 12.0 Å². The number of carbonyl (C=O) groups is 1. The highest BCUT2D eigenvalue weighted by molar-refractivity contribution is 7.13. The third-order valence-electron chi connectivity index (χ3n) is 2.59. The van der Waals surface area contributed by atoms with Crippen LogP contribution in [0.4, 0.5) is 5.13 Å². The molecule has 2 rings (SSSR count). The molecular weight excluding hydrogens is 363 g/mol. The lowest BCUT2D eigenvalue weighted by Crippen LogP contribution is -2.20. The number of benzene rings is 1. The number of nitrogens with zero attached hydrogens (tertiary/aromatic N) is 6. The van der Waals surface area contributed by atoms with Crippen LogP contribution in [0.2, 0.25) is 10.0 Å². The van der Waals surface area contributed by atoms with E-state index in [-0.39, 0.29) is 11.7 Å². The first-order valence-electron chi connectivity index (χ1n) is 6.06. The van der Waals surface area contributed by atoms with E-state index in [1.807, 2.05) is 0 Å². The Morgan fingerprint density at radius 3 is 2.87 bits per heavy atom. The second-order valence-corrected chi connectivity index (χ2v) is 5.78. The van der Waals surface area contributed by atoms with Crippen molar-refractivity contribution in [3.8, 4) is 11.3 Å². The van der Waals surface area contributed by atoms with Crippen LogP contribution in [-0.2, 0) is 4.79 Å². The Bertz CT molecular complexity index is 803. The molecule has 1 aromatic heterocycles. The summed E-state index contributed by atoms with van der Waals surface area (Å²) >= 11 is 13.0. The van der Waals surface area contributed by atoms with Crippen molar-refractivity contribution in [1.29, 1.82) is 0 Å². The highest BCUT2D eigenvalue weighted by atomic mass is 35.5. The zero-order chi connectivity index (χ0) is 16.8. The van der Waals surface area contributed by atoms with Crippen molar-refractivity contribution in [2.45, 2.75) is 6.04 Å².